The molecule has 1 fully saturated rings. The highest BCUT2D eigenvalue weighted by molar-refractivity contribution is 7.15. The van der Waals surface area contributed by atoms with E-state index in [1.54, 1.807) is 7.05 Å². The van der Waals surface area contributed by atoms with Gasteiger partial charge < -0.3 is 9.99 Å². The molecule has 0 aliphatic carbocycles. The number of rotatable bonds is 0. The first-order valence-corrected chi connectivity index (χ1v) is 3.64. The van der Waals surface area contributed by atoms with Gasteiger partial charge in [0.05, 0.1) is 0 Å². The quantitative estimate of drug-likeness (QED) is 0.296. The van der Waals surface area contributed by atoms with Crippen LogP contribution in [0.25, 0.3) is 0 Å². The average Bonchev–Trinajstić information content (AvgIpc) is 1.78. The predicted octanol–water partition coefficient (Wildman–Crippen LogP) is 0.0576. The van der Waals surface area contributed by atoms with Crippen molar-refractivity contribution in [3.8, 4) is 0 Å². The van der Waals surface area contributed by atoms with Gasteiger partial charge in [-0.05, 0) is 15.8 Å². The Bertz CT molecular complexity index is 119. The maximum atomic E-state index is 4.04. The number of hydrogen-bond donors (Lipinski definition) is 1. The molecule has 0 aromatic heterocycles. The van der Waals surface area contributed by atoms with E-state index in [0.29, 0.717) is 0 Å². The summed E-state index contributed by atoms with van der Waals surface area (Å²) in [5, 5.41) is 2.95. The lowest BCUT2D eigenvalue weighted by molar-refractivity contribution is 0.294. The van der Waals surface area contributed by atoms with Crippen LogP contribution >= 0.6 is 9.39 Å². The Hall–Kier alpha value is -0.300. The highest BCUT2D eigenvalue weighted by atomic mass is 31.0. The van der Waals surface area contributed by atoms with Crippen molar-refractivity contribution < 1.29 is 0 Å². The van der Waals surface area contributed by atoms with Gasteiger partial charge in [0.1, 0.15) is 0 Å². The molecule has 3 nitrogen and oxygen atoms in total. The fourth-order valence-corrected chi connectivity index (χ4v) is 1.14. The maximum absolute atomic E-state index is 4.04. The fraction of sp³-hybridized carbons (Fsp3) is 0.800. The monoisotopic (exact) mass is 145 g/mol. The smallest absolute Gasteiger partial charge is 0.196 e. The van der Waals surface area contributed by atoms with E-state index in [1.165, 1.54) is 6.42 Å². The second-order valence-electron chi connectivity index (χ2n) is 2.03. The standard InChI is InChI=1S/C5H12N3P/c1-6-5(7-9)8-3-2-4-8/h2-4,9H2,1H3,(H,6,7). The molecule has 0 amide bonds. The summed E-state index contributed by atoms with van der Waals surface area (Å²) in [5.74, 6) is 0.978. The van der Waals surface area contributed by atoms with Gasteiger partial charge in [-0.3, -0.25) is 4.99 Å². The lowest BCUT2D eigenvalue weighted by atomic mass is 10.2. The summed E-state index contributed by atoms with van der Waals surface area (Å²) in [4.78, 5) is 6.24. The van der Waals surface area contributed by atoms with E-state index in [2.05, 4.69) is 24.4 Å². The zero-order valence-corrected chi connectivity index (χ0v) is 6.75. The second kappa shape index (κ2) is 3.02. The van der Waals surface area contributed by atoms with E-state index in [4.69, 9.17) is 0 Å². The normalized spacial score (nSPS) is 19.3. The van der Waals surface area contributed by atoms with Crippen molar-refractivity contribution in [1.29, 1.82) is 0 Å². The SMILES string of the molecule is CN=C(NP)N1CCC1. The van der Waals surface area contributed by atoms with Gasteiger partial charge in [-0.2, -0.15) is 0 Å². The van der Waals surface area contributed by atoms with Gasteiger partial charge in [-0.15, -0.1) is 0 Å². The summed E-state index contributed by atoms with van der Waals surface area (Å²) in [6.45, 7) is 2.29. The van der Waals surface area contributed by atoms with E-state index < -0.39 is 0 Å². The van der Waals surface area contributed by atoms with Crippen molar-refractivity contribution in [3.05, 3.63) is 0 Å². The minimum Gasteiger partial charge on any atom is -0.343 e. The number of nitrogens with one attached hydrogen (secondary N) is 1. The van der Waals surface area contributed by atoms with Gasteiger partial charge in [0.25, 0.3) is 0 Å². The number of guanidine groups is 1. The molecule has 1 aliphatic rings. The third kappa shape index (κ3) is 1.33. The van der Waals surface area contributed by atoms with Crippen molar-refractivity contribution in [2.24, 2.45) is 4.99 Å². The molecule has 1 atom stereocenters. The molecule has 1 N–H and O–H groups in total. The topological polar surface area (TPSA) is 27.6 Å². The maximum Gasteiger partial charge on any atom is 0.196 e. The summed E-state index contributed by atoms with van der Waals surface area (Å²) < 4.78 is 0. The third-order valence-corrected chi connectivity index (χ3v) is 1.75. The van der Waals surface area contributed by atoms with E-state index >= 15 is 0 Å². The number of likely N-dealkylation sites (tertiary alicyclic amines) is 1. The first kappa shape index (κ1) is 6.81. The van der Waals surface area contributed by atoms with Crippen LogP contribution in [0.15, 0.2) is 4.99 Å². The molecular weight excluding hydrogens is 133 g/mol. The highest BCUT2D eigenvalue weighted by Gasteiger charge is 2.15. The van der Waals surface area contributed by atoms with E-state index in [9.17, 15) is 0 Å². The lowest BCUT2D eigenvalue weighted by Gasteiger charge is -2.33. The van der Waals surface area contributed by atoms with Gasteiger partial charge >= 0.3 is 0 Å². The van der Waals surface area contributed by atoms with Crippen LogP contribution in [0.1, 0.15) is 6.42 Å². The number of nitrogens with zero attached hydrogens (tertiary/aromatic N) is 2. The minimum atomic E-state index is 0.978. The Kier molecular flexibility index (Phi) is 2.29. The summed E-state index contributed by atoms with van der Waals surface area (Å²) >= 11 is 0. The number of aliphatic imine (C=N–C) groups is 1. The zero-order valence-electron chi connectivity index (χ0n) is 5.59. The molecule has 1 heterocycles. The molecular formula is C5H12N3P. The van der Waals surface area contributed by atoms with Gasteiger partial charge in [0, 0.05) is 20.1 Å². The summed E-state index contributed by atoms with van der Waals surface area (Å²) in [6.07, 6.45) is 1.30. The van der Waals surface area contributed by atoms with Crippen LogP contribution in [0.4, 0.5) is 0 Å². The van der Waals surface area contributed by atoms with Crippen LogP contribution in [0, 0.1) is 0 Å². The zero-order chi connectivity index (χ0) is 6.69. The Balaban J connectivity index is 2.37. The summed E-state index contributed by atoms with van der Waals surface area (Å²) in [7, 11) is 4.24. The molecule has 1 unspecified atom stereocenters. The first-order chi connectivity index (χ1) is 4.38. The van der Waals surface area contributed by atoms with Crippen LogP contribution in [0.2, 0.25) is 0 Å². The van der Waals surface area contributed by atoms with Crippen LogP contribution in [0.3, 0.4) is 0 Å². The van der Waals surface area contributed by atoms with Crippen LogP contribution < -0.4 is 5.09 Å². The third-order valence-electron chi connectivity index (χ3n) is 1.50. The van der Waals surface area contributed by atoms with Crippen LogP contribution in [0.5, 0.6) is 0 Å². The largest absolute Gasteiger partial charge is 0.343 e. The van der Waals surface area contributed by atoms with Gasteiger partial charge in [-0.1, -0.05) is 0 Å². The Morgan fingerprint density at radius 1 is 1.67 bits per heavy atom. The lowest BCUT2D eigenvalue weighted by Crippen LogP contribution is -2.46. The molecule has 52 valence electrons. The van der Waals surface area contributed by atoms with Crippen molar-refractivity contribution in [3.63, 3.8) is 0 Å². The summed E-state index contributed by atoms with van der Waals surface area (Å²) in [6, 6.07) is 0. The number of hydrogen-bond acceptors (Lipinski definition) is 1. The van der Waals surface area contributed by atoms with Crippen molar-refractivity contribution >= 4 is 15.4 Å². The van der Waals surface area contributed by atoms with Gasteiger partial charge in [0.15, 0.2) is 5.96 Å². The van der Waals surface area contributed by atoms with Crippen LogP contribution in [-0.4, -0.2) is 31.0 Å². The predicted molar refractivity (Wildman–Crippen MR) is 42.4 cm³/mol. The molecule has 1 saturated heterocycles. The molecule has 1 rings (SSSR count). The van der Waals surface area contributed by atoms with E-state index in [0.717, 1.165) is 19.0 Å². The van der Waals surface area contributed by atoms with E-state index in [-0.39, 0.29) is 0 Å². The highest BCUT2D eigenvalue weighted by Crippen LogP contribution is 2.05. The minimum absolute atomic E-state index is 0.978. The van der Waals surface area contributed by atoms with Crippen molar-refractivity contribution in [2.45, 2.75) is 6.42 Å². The van der Waals surface area contributed by atoms with Gasteiger partial charge in [-0.25, -0.2) is 0 Å². The summed E-state index contributed by atoms with van der Waals surface area (Å²) in [5.41, 5.74) is 0. The average molecular weight is 145 g/mol. The van der Waals surface area contributed by atoms with Gasteiger partial charge in [0.2, 0.25) is 0 Å². The van der Waals surface area contributed by atoms with Crippen molar-refractivity contribution in [1.82, 2.24) is 9.99 Å². The van der Waals surface area contributed by atoms with E-state index in [1.807, 2.05) is 0 Å². The fourth-order valence-electron chi connectivity index (χ4n) is 0.825. The molecule has 0 aromatic carbocycles. The second-order valence-corrected chi connectivity index (χ2v) is 2.32. The molecule has 4 heteroatoms. The molecule has 0 radical (unpaired) electrons. The first-order valence-electron chi connectivity index (χ1n) is 3.07. The molecule has 9 heavy (non-hydrogen) atoms. The Labute approximate surface area is 57.8 Å². The molecule has 0 bridgehead atoms. The van der Waals surface area contributed by atoms with Crippen LogP contribution in [-0.2, 0) is 0 Å². The van der Waals surface area contributed by atoms with Crippen molar-refractivity contribution in [2.75, 3.05) is 20.1 Å². The Morgan fingerprint density at radius 3 is 2.44 bits per heavy atom. The molecule has 1 aliphatic heterocycles. The molecule has 0 aromatic rings. The molecule has 0 saturated carbocycles. The Morgan fingerprint density at radius 2 is 2.33 bits per heavy atom. The molecule has 0 spiro atoms.